The number of hydrogen-bond donors (Lipinski definition) is 0. The van der Waals surface area contributed by atoms with E-state index in [0.717, 1.165) is 16.9 Å². The molecule has 2 saturated carbocycles. The Kier molecular flexibility index (Phi) is 9.62. The highest BCUT2D eigenvalue weighted by atomic mass is 32.2. The van der Waals surface area contributed by atoms with E-state index in [1.807, 2.05) is 44.2 Å². The van der Waals surface area contributed by atoms with Crippen molar-refractivity contribution in [3.63, 3.8) is 0 Å². The molecule has 0 amide bonds. The molecule has 2 fully saturated rings. The van der Waals surface area contributed by atoms with Gasteiger partial charge < -0.3 is 9.47 Å². The number of benzene rings is 1. The first-order valence-corrected chi connectivity index (χ1v) is 17.9. The lowest BCUT2D eigenvalue weighted by Crippen LogP contribution is -2.53. The molecule has 4 nitrogen and oxygen atoms in total. The van der Waals surface area contributed by atoms with Crippen molar-refractivity contribution in [1.29, 1.82) is 0 Å². The second kappa shape index (κ2) is 12.3. The average Bonchev–Trinajstić information content (AvgIpc) is 2.84. The predicted molar refractivity (Wildman–Crippen MR) is 157 cm³/mol. The molecule has 1 aromatic rings. The Bertz CT molecular complexity index is 1030. The van der Waals surface area contributed by atoms with Gasteiger partial charge in [0.15, 0.2) is 9.84 Å². The van der Waals surface area contributed by atoms with Gasteiger partial charge in [-0.2, -0.15) is 0 Å². The van der Waals surface area contributed by atoms with Crippen molar-refractivity contribution in [3.8, 4) is 0 Å². The molecule has 0 bridgehead atoms. The Labute approximate surface area is 227 Å². The summed E-state index contributed by atoms with van der Waals surface area (Å²) in [6, 6.07) is 10.4. The van der Waals surface area contributed by atoms with Crippen LogP contribution in [0.3, 0.4) is 0 Å². The highest BCUT2D eigenvalue weighted by Crippen LogP contribution is 2.71. The molecular formula is C31H47O4PS. The van der Waals surface area contributed by atoms with E-state index in [1.165, 1.54) is 70.5 Å². The smallest absolute Gasteiger partial charge is 0.157 e. The van der Waals surface area contributed by atoms with Crippen LogP contribution >= 0.6 is 7.92 Å². The molecule has 0 aliphatic heterocycles. The summed E-state index contributed by atoms with van der Waals surface area (Å²) in [7, 11) is -4.32. The van der Waals surface area contributed by atoms with E-state index < -0.39 is 28.4 Å². The maximum atomic E-state index is 13.8. The third-order valence-electron chi connectivity index (χ3n) is 8.03. The van der Waals surface area contributed by atoms with Crippen LogP contribution in [-0.4, -0.2) is 48.8 Å². The summed E-state index contributed by atoms with van der Waals surface area (Å²) in [6.07, 6.45) is 17.3. The van der Waals surface area contributed by atoms with Crippen LogP contribution in [0.5, 0.6) is 0 Å². The quantitative estimate of drug-likeness (QED) is 0.294. The fraction of sp³-hybridized carbons (Fsp3) is 0.677. The Morgan fingerprint density at radius 3 is 1.84 bits per heavy atom. The maximum absolute atomic E-state index is 13.8. The van der Waals surface area contributed by atoms with Crippen LogP contribution in [0.15, 0.2) is 48.2 Å². The maximum Gasteiger partial charge on any atom is 0.157 e. The molecule has 0 spiro atoms. The second-order valence-electron chi connectivity index (χ2n) is 11.7. The summed E-state index contributed by atoms with van der Waals surface area (Å²) in [5.41, 5.74) is 2.99. The molecule has 2 atom stereocenters. The van der Waals surface area contributed by atoms with Gasteiger partial charge in [-0.05, 0) is 76.3 Å². The molecular weight excluding hydrogens is 499 g/mol. The van der Waals surface area contributed by atoms with Gasteiger partial charge in [0.1, 0.15) is 16.4 Å². The van der Waals surface area contributed by atoms with Gasteiger partial charge in [0.2, 0.25) is 0 Å². The molecule has 0 heterocycles. The van der Waals surface area contributed by atoms with Gasteiger partial charge in [0.25, 0.3) is 0 Å². The molecule has 0 aromatic heterocycles. The lowest BCUT2D eigenvalue weighted by atomic mass is 9.91. The molecule has 206 valence electrons. The number of rotatable bonds is 9. The van der Waals surface area contributed by atoms with E-state index in [4.69, 9.17) is 9.47 Å². The van der Waals surface area contributed by atoms with Crippen molar-refractivity contribution in [2.45, 2.75) is 126 Å². The van der Waals surface area contributed by atoms with Crippen molar-refractivity contribution in [1.82, 2.24) is 0 Å². The van der Waals surface area contributed by atoms with Crippen LogP contribution in [-0.2, 0) is 19.3 Å². The lowest BCUT2D eigenvalue weighted by molar-refractivity contribution is 0.0130. The summed E-state index contributed by atoms with van der Waals surface area (Å²) >= 11 is 0. The topological polar surface area (TPSA) is 52.6 Å². The monoisotopic (exact) mass is 546 g/mol. The molecule has 2 unspecified atom stereocenters. The second-order valence-corrected chi connectivity index (χ2v) is 16.8. The first-order valence-electron chi connectivity index (χ1n) is 14.4. The van der Waals surface area contributed by atoms with Crippen LogP contribution in [0.1, 0.15) is 97.5 Å². The Balaban J connectivity index is 2.07. The Hall–Kier alpha value is -1.16. The Morgan fingerprint density at radius 1 is 0.838 bits per heavy atom. The van der Waals surface area contributed by atoms with Crippen molar-refractivity contribution in [2.24, 2.45) is 0 Å². The highest BCUT2D eigenvalue weighted by Gasteiger charge is 2.59. The van der Waals surface area contributed by atoms with Crippen LogP contribution in [0.25, 0.3) is 5.57 Å². The molecule has 0 N–H and O–H groups in total. The van der Waals surface area contributed by atoms with Crippen molar-refractivity contribution in [2.75, 3.05) is 6.26 Å². The first-order chi connectivity index (χ1) is 17.6. The van der Waals surface area contributed by atoms with Crippen LogP contribution in [0.4, 0.5) is 0 Å². The first kappa shape index (κ1) is 28.8. The van der Waals surface area contributed by atoms with E-state index in [1.54, 1.807) is 0 Å². The van der Waals surface area contributed by atoms with E-state index in [-0.39, 0.29) is 12.2 Å². The van der Waals surface area contributed by atoms with E-state index in [2.05, 4.69) is 26.0 Å². The summed E-state index contributed by atoms with van der Waals surface area (Å²) in [4.78, 5) is 0. The largest absolute Gasteiger partial charge is 0.491 e. The Morgan fingerprint density at radius 2 is 1.38 bits per heavy atom. The third-order valence-corrected chi connectivity index (χ3v) is 13.6. The number of hydrogen-bond acceptors (Lipinski definition) is 4. The van der Waals surface area contributed by atoms with Crippen molar-refractivity contribution in [3.05, 3.63) is 53.8 Å². The molecule has 6 heteroatoms. The summed E-state index contributed by atoms with van der Waals surface area (Å²) in [5, 5.41) is -1.67. The van der Waals surface area contributed by atoms with Crippen LogP contribution in [0, 0.1) is 0 Å². The molecule has 3 aliphatic rings. The van der Waals surface area contributed by atoms with Crippen molar-refractivity contribution >= 4 is 23.3 Å². The van der Waals surface area contributed by atoms with Crippen LogP contribution < -0.4 is 0 Å². The summed E-state index contributed by atoms with van der Waals surface area (Å²) in [6.45, 7) is 8.23. The van der Waals surface area contributed by atoms with Gasteiger partial charge in [-0.1, -0.05) is 82.9 Å². The summed E-state index contributed by atoms with van der Waals surface area (Å²) < 4.78 is 41.3. The number of allylic oxidation sites excluding steroid dienone is 1. The van der Waals surface area contributed by atoms with E-state index in [0.29, 0.717) is 11.3 Å². The SMILES string of the molecule is CC(C)OC1=C(c2ccccc2)C(OC(C)C)(P(C2CCCCC2)C2CCCCC2)C(S(C)(=O)=O)C=C1. The molecule has 1 aromatic carbocycles. The zero-order valence-corrected chi connectivity index (χ0v) is 25.2. The molecule has 3 aliphatic carbocycles. The standard InChI is InChI=1S/C31H47O4PS/c1-23(2)34-28-21-22-29(37(5,32)33)31(35-24(3)4,30(28)25-15-9-6-10-16-25)36(26-17-11-7-12-18-26)27-19-13-8-14-20-27/h6,9-10,15-16,21-24,26-27,29H,7-8,11-14,17-20H2,1-5H3. The van der Waals surface area contributed by atoms with Gasteiger partial charge in [0, 0.05) is 11.8 Å². The van der Waals surface area contributed by atoms with Gasteiger partial charge in [-0.15, -0.1) is 0 Å². The minimum Gasteiger partial charge on any atom is -0.491 e. The zero-order valence-electron chi connectivity index (χ0n) is 23.5. The normalized spacial score (nSPS) is 26.4. The molecule has 37 heavy (non-hydrogen) atoms. The third kappa shape index (κ3) is 6.36. The van der Waals surface area contributed by atoms with Gasteiger partial charge in [-0.3, -0.25) is 0 Å². The van der Waals surface area contributed by atoms with Crippen molar-refractivity contribution < 1.29 is 17.9 Å². The minimum atomic E-state index is -3.48. The van der Waals surface area contributed by atoms with Gasteiger partial charge >= 0.3 is 0 Å². The van der Waals surface area contributed by atoms with Crippen LogP contribution in [0.2, 0.25) is 0 Å². The fourth-order valence-corrected chi connectivity index (χ4v) is 13.6. The summed E-state index contributed by atoms with van der Waals surface area (Å²) in [5.74, 6) is 0.779. The molecule has 0 saturated heterocycles. The molecule has 0 radical (unpaired) electrons. The minimum absolute atomic E-state index is 0.0273. The average molecular weight is 547 g/mol. The van der Waals surface area contributed by atoms with E-state index in [9.17, 15) is 8.42 Å². The molecule has 4 rings (SSSR count). The zero-order chi connectivity index (χ0) is 26.6. The number of sulfone groups is 1. The fourth-order valence-electron chi connectivity index (χ4n) is 6.83. The van der Waals surface area contributed by atoms with Gasteiger partial charge in [-0.25, -0.2) is 8.42 Å². The highest BCUT2D eigenvalue weighted by molar-refractivity contribution is 7.92. The van der Waals surface area contributed by atoms with Gasteiger partial charge in [0.05, 0.1) is 12.2 Å². The van der Waals surface area contributed by atoms with E-state index >= 15 is 0 Å². The lowest BCUT2D eigenvalue weighted by Gasteiger charge is -2.55. The number of ether oxygens (including phenoxy) is 2. The predicted octanol–water partition coefficient (Wildman–Crippen LogP) is 8.07.